The second-order valence-electron chi connectivity index (χ2n) is 4.33. The molecule has 0 amide bonds. The van der Waals surface area contributed by atoms with Crippen molar-refractivity contribution in [1.29, 1.82) is 0 Å². The first-order valence-corrected chi connectivity index (χ1v) is 5.31. The number of ketones is 1. The predicted octanol–water partition coefficient (Wildman–Crippen LogP) is 0.0461. The summed E-state index contributed by atoms with van der Waals surface area (Å²) in [4.78, 5) is 22.8. The maximum absolute atomic E-state index is 11.8. The molecule has 2 heterocycles. The Labute approximate surface area is 92.3 Å². The van der Waals surface area contributed by atoms with Gasteiger partial charge in [-0.25, -0.2) is 0 Å². The minimum atomic E-state index is -0.471. The molecule has 0 aromatic heterocycles. The van der Waals surface area contributed by atoms with Crippen LogP contribution in [-0.4, -0.2) is 37.4 Å². The van der Waals surface area contributed by atoms with E-state index in [9.17, 15) is 9.59 Å². The van der Waals surface area contributed by atoms with Gasteiger partial charge in [-0.15, -0.1) is 0 Å². The first-order valence-electron chi connectivity index (χ1n) is 5.31. The summed E-state index contributed by atoms with van der Waals surface area (Å²) in [5.41, 5.74) is 0.969. The molecule has 5 heteroatoms. The lowest BCUT2D eigenvalue weighted by atomic mass is 9.85. The Morgan fingerprint density at radius 2 is 2.25 bits per heavy atom. The Kier molecular flexibility index (Phi) is 2.12. The molecule has 3 aliphatic rings. The van der Waals surface area contributed by atoms with E-state index in [0.717, 1.165) is 5.57 Å². The average molecular weight is 224 g/mol. The van der Waals surface area contributed by atoms with Crippen LogP contribution in [0.3, 0.4) is 0 Å². The summed E-state index contributed by atoms with van der Waals surface area (Å²) in [5, 5.41) is 0. The molecule has 2 saturated heterocycles. The van der Waals surface area contributed by atoms with Gasteiger partial charge in [-0.1, -0.05) is 0 Å². The van der Waals surface area contributed by atoms with Gasteiger partial charge >= 0.3 is 5.97 Å². The van der Waals surface area contributed by atoms with Gasteiger partial charge in [-0.2, -0.15) is 0 Å². The monoisotopic (exact) mass is 224 g/mol. The van der Waals surface area contributed by atoms with Crippen molar-refractivity contribution in [2.45, 2.75) is 19.3 Å². The molecule has 0 bridgehead atoms. The second-order valence-corrected chi connectivity index (χ2v) is 4.33. The van der Waals surface area contributed by atoms with Gasteiger partial charge in [0.1, 0.15) is 6.10 Å². The van der Waals surface area contributed by atoms with Crippen molar-refractivity contribution < 1.29 is 23.8 Å². The molecule has 0 aromatic rings. The van der Waals surface area contributed by atoms with E-state index in [4.69, 9.17) is 14.2 Å². The highest BCUT2D eigenvalue weighted by Gasteiger charge is 2.53. The highest BCUT2D eigenvalue weighted by Crippen LogP contribution is 2.44. The van der Waals surface area contributed by atoms with E-state index in [1.807, 2.05) is 0 Å². The third-order valence-corrected chi connectivity index (χ3v) is 3.32. The quantitative estimate of drug-likeness (QED) is 0.589. The fourth-order valence-electron chi connectivity index (χ4n) is 2.73. The lowest BCUT2D eigenvalue weighted by molar-refractivity contribution is -0.208. The molecule has 0 saturated carbocycles. The maximum Gasteiger partial charge on any atom is 0.303 e. The topological polar surface area (TPSA) is 61.8 Å². The first kappa shape index (κ1) is 9.99. The Morgan fingerprint density at radius 1 is 1.44 bits per heavy atom. The number of ether oxygens (including phenoxy) is 3. The summed E-state index contributed by atoms with van der Waals surface area (Å²) in [6, 6.07) is 0. The van der Waals surface area contributed by atoms with Gasteiger partial charge < -0.3 is 14.2 Å². The second kappa shape index (κ2) is 3.40. The molecule has 86 valence electrons. The van der Waals surface area contributed by atoms with Crippen LogP contribution in [0.1, 0.15) is 6.92 Å². The van der Waals surface area contributed by atoms with Crippen molar-refractivity contribution in [3.8, 4) is 0 Å². The molecule has 1 aliphatic carbocycles. The largest absolute Gasteiger partial charge is 0.459 e. The Balaban J connectivity index is 1.87. The number of carbonyl (C=O) groups is 2. The van der Waals surface area contributed by atoms with Crippen LogP contribution >= 0.6 is 0 Å². The summed E-state index contributed by atoms with van der Waals surface area (Å²) in [6.07, 6.45) is 0.803. The van der Waals surface area contributed by atoms with Crippen LogP contribution in [0.15, 0.2) is 11.6 Å². The van der Waals surface area contributed by atoms with Gasteiger partial charge in [0.2, 0.25) is 0 Å². The average Bonchev–Trinajstić information content (AvgIpc) is 2.73. The molecule has 0 radical (unpaired) electrons. The van der Waals surface area contributed by atoms with Crippen LogP contribution in [0.2, 0.25) is 0 Å². The van der Waals surface area contributed by atoms with Crippen molar-refractivity contribution in [3.63, 3.8) is 0 Å². The molecule has 0 aromatic carbocycles. The van der Waals surface area contributed by atoms with Crippen LogP contribution < -0.4 is 0 Å². The highest BCUT2D eigenvalue weighted by atomic mass is 16.7. The smallest absolute Gasteiger partial charge is 0.303 e. The van der Waals surface area contributed by atoms with E-state index in [2.05, 4.69) is 0 Å². The Hall–Kier alpha value is -1.20. The Bertz CT molecular complexity index is 386. The molecule has 2 aliphatic heterocycles. The van der Waals surface area contributed by atoms with Crippen molar-refractivity contribution >= 4 is 11.8 Å². The third kappa shape index (κ3) is 1.32. The summed E-state index contributed by atoms with van der Waals surface area (Å²) < 4.78 is 16.0. The van der Waals surface area contributed by atoms with Gasteiger partial charge in [-0.3, -0.25) is 9.59 Å². The zero-order valence-corrected chi connectivity index (χ0v) is 8.84. The predicted molar refractivity (Wildman–Crippen MR) is 51.3 cm³/mol. The summed E-state index contributed by atoms with van der Waals surface area (Å²) >= 11 is 0. The molecule has 0 unspecified atom stereocenters. The van der Waals surface area contributed by atoms with Crippen LogP contribution in [0.5, 0.6) is 0 Å². The summed E-state index contributed by atoms with van der Waals surface area (Å²) in [6.45, 7) is 2.02. The van der Waals surface area contributed by atoms with Crippen molar-refractivity contribution in [3.05, 3.63) is 11.6 Å². The number of allylic oxidation sites excluding steroid dienone is 1. The van der Waals surface area contributed by atoms with E-state index in [0.29, 0.717) is 6.61 Å². The minimum Gasteiger partial charge on any atom is -0.459 e. The van der Waals surface area contributed by atoms with Gasteiger partial charge in [0.25, 0.3) is 0 Å². The number of carbonyl (C=O) groups excluding carboxylic acids is 2. The minimum absolute atomic E-state index is 0.0304. The van der Waals surface area contributed by atoms with E-state index in [1.54, 1.807) is 6.08 Å². The van der Waals surface area contributed by atoms with E-state index >= 15 is 0 Å². The zero-order valence-electron chi connectivity index (χ0n) is 8.84. The van der Waals surface area contributed by atoms with Gasteiger partial charge in [0.15, 0.2) is 12.1 Å². The van der Waals surface area contributed by atoms with Crippen LogP contribution in [-0.2, 0) is 23.8 Å². The highest BCUT2D eigenvalue weighted by molar-refractivity contribution is 5.96. The molecular formula is C11H12O5. The van der Waals surface area contributed by atoms with Crippen LogP contribution in [0.4, 0.5) is 0 Å². The number of hydrogen-bond donors (Lipinski definition) is 0. The molecular weight excluding hydrogens is 212 g/mol. The van der Waals surface area contributed by atoms with Gasteiger partial charge in [-0.05, 0) is 11.6 Å². The lowest BCUT2D eigenvalue weighted by Gasteiger charge is -2.34. The normalized spacial score (nSPS) is 40.6. The van der Waals surface area contributed by atoms with Gasteiger partial charge in [0, 0.05) is 12.8 Å². The lowest BCUT2D eigenvalue weighted by Crippen LogP contribution is -2.46. The molecule has 4 atom stereocenters. The van der Waals surface area contributed by atoms with Crippen molar-refractivity contribution in [2.75, 3.05) is 13.2 Å². The van der Waals surface area contributed by atoms with Gasteiger partial charge in [0.05, 0.1) is 19.1 Å². The molecule has 0 spiro atoms. The van der Waals surface area contributed by atoms with E-state index in [-0.39, 0.29) is 36.5 Å². The SMILES string of the molecule is CC(=O)O[C@H]1CO[C@@H]2OCC3=CC(=O)[C@H]1[C@@H]32. The van der Waals surface area contributed by atoms with Crippen molar-refractivity contribution in [2.24, 2.45) is 11.8 Å². The van der Waals surface area contributed by atoms with Crippen molar-refractivity contribution in [1.82, 2.24) is 0 Å². The maximum atomic E-state index is 11.8. The standard InChI is InChI=1S/C11H12O5/c1-5(12)16-8-4-15-11-9-6(3-14-11)2-7(13)10(8)9/h2,8-11H,3-4H2,1H3/t8-,9+,10+,11-/m0/s1. The van der Waals surface area contributed by atoms with E-state index < -0.39 is 6.10 Å². The number of hydrogen-bond acceptors (Lipinski definition) is 5. The fourth-order valence-corrected chi connectivity index (χ4v) is 2.73. The molecule has 3 rings (SSSR count). The molecule has 0 N–H and O–H groups in total. The summed E-state index contributed by atoms with van der Waals surface area (Å²) in [5.74, 6) is -0.708. The van der Waals surface area contributed by atoms with E-state index in [1.165, 1.54) is 6.92 Å². The molecule has 16 heavy (non-hydrogen) atoms. The zero-order chi connectivity index (χ0) is 11.3. The van der Waals surface area contributed by atoms with Crippen LogP contribution in [0, 0.1) is 11.8 Å². The Morgan fingerprint density at radius 3 is 3.00 bits per heavy atom. The molecule has 2 fully saturated rings. The third-order valence-electron chi connectivity index (χ3n) is 3.32. The summed E-state index contributed by atoms with van der Waals surface area (Å²) in [7, 11) is 0. The number of esters is 1. The fraction of sp³-hybridized carbons (Fsp3) is 0.636. The molecule has 5 nitrogen and oxygen atoms in total. The first-order chi connectivity index (χ1) is 7.66. The number of rotatable bonds is 1. The van der Waals surface area contributed by atoms with Crippen LogP contribution in [0.25, 0.3) is 0 Å².